The van der Waals surface area contributed by atoms with Crippen LogP contribution in [0.15, 0.2) is 43.0 Å². The van der Waals surface area contributed by atoms with Crippen LogP contribution in [0.3, 0.4) is 0 Å². The molecule has 0 saturated heterocycles. The molecule has 76 valence electrons. The first-order valence-electron chi connectivity index (χ1n) is 4.51. The molecular formula is C12H11NO2. The Morgan fingerprint density at radius 1 is 1.53 bits per heavy atom. The van der Waals surface area contributed by atoms with Crippen molar-refractivity contribution in [1.29, 1.82) is 5.26 Å². The van der Waals surface area contributed by atoms with Crippen molar-refractivity contribution in [2.24, 2.45) is 0 Å². The van der Waals surface area contributed by atoms with E-state index < -0.39 is 11.9 Å². The molecule has 0 N–H and O–H groups in total. The summed E-state index contributed by atoms with van der Waals surface area (Å²) < 4.78 is 4.82. The van der Waals surface area contributed by atoms with Gasteiger partial charge in [-0.1, -0.05) is 43.0 Å². The summed E-state index contributed by atoms with van der Waals surface area (Å²) in [6.07, 6.45) is 1.47. The average Bonchev–Trinajstić information content (AvgIpc) is 2.29. The molecule has 0 radical (unpaired) electrons. The molecule has 0 heterocycles. The molecule has 0 aromatic heterocycles. The molecule has 0 bridgehead atoms. The Labute approximate surface area is 88.6 Å². The molecule has 0 saturated carbocycles. The van der Waals surface area contributed by atoms with Crippen LogP contribution in [0.5, 0.6) is 0 Å². The molecule has 0 aliphatic carbocycles. The smallest absolute Gasteiger partial charge is 0.328 e. The number of nitriles is 1. The van der Waals surface area contributed by atoms with E-state index in [9.17, 15) is 4.79 Å². The number of rotatable bonds is 4. The van der Waals surface area contributed by atoms with Crippen LogP contribution in [0.25, 0.3) is 0 Å². The Morgan fingerprint density at radius 3 is 2.73 bits per heavy atom. The van der Waals surface area contributed by atoms with E-state index >= 15 is 0 Å². The topological polar surface area (TPSA) is 50.1 Å². The molecule has 0 spiro atoms. The molecule has 1 aromatic rings. The van der Waals surface area contributed by atoms with Crippen molar-refractivity contribution >= 4 is 5.97 Å². The van der Waals surface area contributed by atoms with Gasteiger partial charge in [0.25, 0.3) is 0 Å². The van der Waals surface area contributed by atoms with Gasteiger partial charge in [0.2, 0.25) is 0 Å². The molecule has 3 nitrogen and oxygen atoms in total. The lowest BCUT2D eigenvalue weighted by molar-refractivity contribution is -0.142. The number of ether oxygens (including phenoxy) is 1. The fourth-order valence-corrected chi connectivity index (χ4v) is 1.13. The van der Waals surface area contributed by atoms with E-state index in [-0.39, 0.29) is 6.61 Å². The maximum Gasteiger partial charge on any atom is 0.328 e. The molecule has 0 fully saturated rings. The highest BCUT2D eigenvalue weighted by molar-refractivity contribution is 5.81. The number of benzene rings is 1. The lowest BCUT2D eigenvalue weighted by atomic mass is 10.0. The molecule has 3 heteroatoms. The van der Waals surface area contributed by atoms with E-state index in [4.69, 9.17) is 10.00 Å². The van der Waals surface area contributed by atoms with Crippen LogP contribution in [-0.2, 0) is 9.53 Å². The van der Waals surface area contributed by atoms with Gasteiger partial charge in [-0.3, -0.25) is 4.79 Å². The fraction of sp³-hybridized carbons (Fsp3) is 0.167. The Bertz CT molecular complexity index is 378. The zero-order valence-electron chi connectivity index (χ0n) is 8.22. The minimum absolute atomic E-state index is 0.129. The summed E-state index contributed by atoms with van der Waals surface area (Å²) in [5.41, 5.74) is 0.647. The minimum Gasteiger partial charge on any atom is -0.460 e. The first-order valence-corrected chi connectivity index (χ1v) is 4.51. The van der Waals surface area contributed by atoms with E-state index in [2.05, 4.69) is 6.58 Å². The summed E-state index contributed by atoms with van der Waals surface area (Å²) in [6.45, 7) is 3.56. The minimum atomic E-state index is -0.855. The Kier molecular flexibility index (Phi) is 4.11. The van der Waals surface area contributed by atoms with E-state index in [1.165, 1.54) is 6.08 Å². The van der Waals surface area contributed by atoms with Crippen LogP contribution in [0.4, 0.5) is 0 Å². The first-order chi connectivity index (χ1) is 7.29. The van der Waals surface area contributed by atoms with Crippen LogP contribution >= 0.6 is 0 Å². The van der Waals surface area contributed by atoms with Gasteiger partial charge in [0, 0.05) is 0 Å². The third-order valence-corrected chi connectivity index (χ3v) is 1.84. The summed E-state index contributed by atoms with van der Waals surface area (Å²) in [7, 11) is 0. The second kappa shape index (κ2) is 5.61. The number of nitrogens with zero attached hydrogens (tertiary/aromatic N) is 1. The van der Waals surface area contributed by atoms with Crippen molar-refractivity contribution in [2.75, 3.05) is 6.61 Å². The number of carbonyl (C=O) groups is 1. The monoisotopic (exact) mass is 201 g/mol. The van der Waals surface area contributed by atoms with Crippen LogP contribution in [0.1, 0.15) is 11.5 Å². The van der Waals surface area contributed by atoms with E-state index in [0.717, 1.165) is 0 Å². The van der Waals surface area contributed by atoms with Gasteiger partial charge < -0.3 is 4.74 Å². The Hall–Kier alpha value is -2.08. The second-order valence-electron chi connectivity index (χ2n) is 2.89. The Morgan fingerprint density at radius 2 is 2.20 bits per heavy atom. The van der Waals surface area contributed by atoms with Crippen LogP contribution in [0, 0.1) is 11.3 Å². The third kappa shape index (κ3) is 2.96. The fourth-order valence-electron chi connectivity index (χ4n) is 1.13. The molecule has 1 rings (SSSR count). The highest BCUT2D eigenvalue weighted by Gasteiger charge is 2.20. The molecule has 1 unspecified atom stereocenters. The predicted octanol–water partition coefficient (Wildman–Crippen LogP) is 2.02. The quantitative estimate of drug-likeness (QED) is 0.553. The van der Waals surface area contributed by atoms with Crippen molar-refractivity contribution < 1.29 is 9.53 Å². The van der Waals surface area contributed by atoms with Gasteiger partial charge in [0.1, 0.15) is 6.61 Å². The standard InChI is InChI=1S/C12H11NO2/c1-2-8-15-12(14)11(9-13)10-6-4-3-5-7-10/h2-7,11H,1,8H2. The van der Waals surface area contributed by atoms with Crippen LogP contribution in [-0.4, -0.2) is 12.6 Å². The number of carbonyl (C=O) groups excluding carboxylic acids is 1. The Balaban J connectivity index is 2.77. The van der Waals surface area contributed by atoms with Gasteiger partial charge in [-0.2, -0.15) is 5.26 Å². The highest BCUT2D eigenvalue weighted by Crippen LogP contribution is 2.15. The maximum atomic E-state index is 11.4. The molecule has 0 aliphatic rings. The van der Waals surface area contributed by atoms with Crippen LogP contribution < -0.4 is 0 Å². The van der Waals surface area contributed by atoms with Gasteiger partial charge in [-0.25, -0.2) is 0 Å². The number of hydrogen-bond donors (Lipinski definition) is 0. The zero-order chi connectivity index (χ0) is 11.1. The van der Waals surface area contributed by atoms with Crippen molar-refractivity contribution in [3.8, 4) is 6.07 Å². The van der Waals surface area contributed by atoms with Gasteiger partial charge >= 0.3 is 5.97 Å². The molecule has 1 atom stereocenters. The highest BCUT2D eigenvalue weighted by atomic mass is 16.5. The second-order valence-corrected chi connectivity index (χ2v) is 2.89. The van der Waals surface area contributed by atoms with Crippen molar-refractivity contribution in [3.63, 3.8) is 0 Å². The zero-order valence-corrected chi connectivity index (χ0v) is 8.22. The average molecular weight is 201 g/mol. The molecule has 0 aliphatic heterocycles. The molecule has 1 aromatic carbocycles. The van der Waals surface area contributed by atoms with E-state index in [1.807, 2.05) is 12.1 Å². The lowest BCUT2D eigenvalue weighted by Crippen LogP contribution is -2.14. The lowest BCUT2D eigenvalue weighted by Gasteiger charge is -2.07. The van der Waals surface area contributed by atoms with Crippen molar-refractivity contribution in [3.05, 3.63) is 48.6 Å². The summed E-state index contributed by atoms with van der Waals surface area (Å²) in [5, 5.41) is 8.87. The molecule has 0 amide bonds. The van der Waals surface area contributed by atoms with E-state index in [1.54, 1.807) is 24.3 Å². The van der Waals surface area contributed by atoms with Gasteiger partial charge in [0.05, 0.1) is 6.07 Å². The summed E-state index contributed by atoms with van der Waals surface area (Å²) in [5.74, 6) is -1.39. The summed E-state index contributed by atoms with van der Waals surface area (Å²) in [6, 6.07) is 10.8. The van der Waals surface area contributed by atoms with Crippen molar-refractivity contribution in [1.82, 2.24) is 0 Å². The predicted molar refractivity (Wildman–Crippen MR) is 56.0 cm³/mol. The number of esters is 1. The van der Waals surface area contributed by atoms with E-state index in [0.29, 0.717) is 5.56 Å². The SMILES string of the molecule is C=CCOC(=O)C(C#N)c1ccccc1. The third-order valence-electron chi connectivity index (χ3n) is 1.84. The summed E-state index contributed by atoms with van der Waals surface area (Å²) >= 11 is 0. The first kappa shape index (κ1) is 11.0. The van der Waals surface area contributed by atoms with Gasteiger partial charge in [0.15, 0.2) is 5.92 Å². The summed E-state index contributed by atoms with van der Waals surface area (Å²) in [4.78, 5) is 11.4. The van der Waals surface area contributed by atoms with Gasteiger partial charge in [-0.15, -0.1) is 0 Å². The number of hydrogen-bond acceptors (Lipinski definition) is 3. The van der Waals surface area contributed by atoms with Crippen molar-refractivity contribution in [2.45, 2.75) is 5.92 Å². The normalized spacial score (nSPS) is 11.1. The molecule has 15 heavy (non-hydrogen) atoms. The largest absolute Gasteiger partial charge is 0.460 e. The molecular weight excluding hydrogens is 190 g/mol. The maximum absolute atomic E-state index is 11.4. The van der Waals surface area contributed by atoms with Crippen LogP contribution in [0.2, 0.25) is 0 Å². The van der Waals surface area contributed by atoms with Gasteiger partial charge in [-0.05, 0) is 5.56 Å².